The minimum Gasteiger partial charge on any atom is -0.443 e. The molecule has 1 aliphatic heterocycles. The van der Waals surface area contributed by atoms with Crippen molar-refractivity contribution in [2.75, 3.05) is 6.54 Å². The van der Waals surface area contributed by atoms with Crippen LogP contribution in [0.25, 0.3) is 0 Å². The molecule has 0 aliphatic carbocycles. The normalized spacial score (nSPS) is 17.2. The summed E-state index contributed by atoms with van der Waals surface area (Å²) in [5, 5.41) is 0. The lowest BCUT2D eigenvalue weighted by Crippen LogP contribution is -2.39. The van der Waals surface area contributed by atoms with E-state index in [1.54, 1.807) is 29.6 Å². The van der Waals surface area contributed by atoms with E-state index in [1.807, 2.05) is 18.2 Å². The number of oxazole rings is 1. The van der Waals surface area contributed by atoms with Crippen molar-refractivity contribution in [3.63, 3.8) is 0 Å². The number of piperidine rings is 1. The minimum absolute atomic E-state index is 0.162. The van der Waals surface area contributed by atoms with E-state index in [4.69, 9.17) is 4.42 Å². The topological polar surface area (TPSA) is 72.1 Å². The van der Waals surface area contributed by atoms with Crippen LogP contribution in [0.1, 0.15) is 53.1 Å². The van der Waals surface area contributed by atoms with E-state index in [2.05, 4.69) is 27.1 Å². The summed E-state index contributed by atoms with van der Waals surface area (Å²) in [4.78, 5) is 27.2. The zero-order chi connectivity index (χ0) is 17.8. The third kappa shape index (κ3) is 3.49. The maximum Gasteiger partial charge on any atom is 0.292 e. The highest BCUT2D eigenvalue weighted by Gasteiger charge is 2.33. The van der Waals surface area contributed by atoms with Gasteiger partial charge < -0.3 is 9.32 Å². The van der Waals surface area contributed by atoms with E-state index in [9.17, 15) is 4.79 Å². The average Bonchev–Trinajstić information content (AvgIpc) is 3.17. The fraction of sp³-hybridized carbons (Fsp3) is 0.300. The van der Waals surface area contributed by atoms with Gasteiger partial charge in [0, 0.05) is 25.4 Å². The molecule has 6 nitrogen and oxygen atoms in total. The molecule has 1 amide bonds. The zero-order valence-electron chi connectivity index (χ0n) is 14.4. The standard InChI is InChI=1S/C20H20N4O2/c25-20(18-21-10-6-11-22-18)24-12-5-4-9-17(24)19-23-14-16(26-19)13-15-7-2-1-3-8-15/h1-3,6-8,10-11,14,17H,4-5,9,12-13H2/t17-/m0/s1. The first-order valence-corrected chi connectivity index (χ1v) is 8.88. The quantitative estimate of drug-likeness (QED) is 0.722. The zero-order valence-corrected chi connectivity index (χ0v) is 14.4. The van der Waals surface area contributed by atoms with Crippen molar-refractivity contribution in [2.45, 2.75) is 31.7 Å². The van der Waals surface area contributed by atoms with Gasteiger partial charge in [0.2, 0.25) is 11.7 Å². The fourth-order valence-electron chi connectivity index (χ4n) is 3.32. The number of hydrogen-bond donors (Lipinski definition) is 0. The summed E-state index contributed by atoms with van der Waals surface area (Å²) >= 11 is 0. The van der Waals surface area contributed by atoms with Crippen LogP contribution >= 0.6 is 0 Å². The van der Waals surface area contributed by atoms with Crippen molar-refractivity contribution in [1.82, 2.24) is 19.9 Å². The average molecular weight is 348 g/mol. The van der Waals surface area contributed by atoms with E-state index in [0.29, 0.717) is 18.9 Å². The van der Waals surface area contributed by atoms with Gasteiger partial charge in [-0.25, -0.2) is 15.0 Å². The van der Waals surface area contributed by atoms with Crippen LogP contribution in [0, 0.1) is 0 Å². The third-order valence-corrected chi connectivity index (χ3v) is 4.60. The second kappa shape index (κ2) is 7.47. The summed E-state index contributed by atoms with van der Waals surface area (Å²) in [5.74, 6) is 1.45. The Hall–Kier alpha value is -3.02. The Kier molecular flexibility index (Phi) is 4.73. The van der Waals surface area contributed by atoms with Crippen LogP contribution in [0.5, 0.6) is 0 Å². The molecule has 1 fully saturated rings. The molecule has 3 heterocycles. The summed E-state index contributed by atoms with van der Waals surface area (Å²) in [6, 6.07) is 11.7. The first kappa shape index (κ1) is 16.4. The second-order valence-electron chi connectivity index (χ2n) is 6.41. The maximum atomic E-state index is 12.8. The van der Waals surface area contributed by atoms with Crippen LogP contribution < -0.4 is 0 Å². The van der Waals surface area contributed by atoms with Gasteiger partial charge in [-0.05, 0) is 30.9 Å². The smallest absolute Gasteiger partial charge is 0.292 e. The molecule has 132 valence electrons. The molecule has 1 aliphatic rings. The number of nitrogens with zero attached hydrogens (tertiary/aromatic N) is 4. The fourth-order valence-corrected chi connectivity index (χ4v) is 3.32. The Morgan fingerprint density at radius 1 is 1.08 bits per heavy atom. The van der Waals surface area contributed by atoms with Gasteiger partial charge in [0.15, 0.2) is 0 Å². The number of carbonyl (C=O) groups excluding carboxylic acids is 1. The van der Waals surface area contributed by atoms with Crippen molar-refractivity contribution in [1.29, 1.82) is 0 Å². The molecular formula is C20H20N4O2. The summed E-state index contributed by atoms with van der Waals surface area (Å²) in [7, 11) is 0. The molecule has 0 N–H and O–H groups in total. The van der Waals surface area contributed by atoms with Gasteiger partial charge in [-0.15, -0.1) is 0 Å². The second-order valence-corrected chi connectivity index (χ2v) is 6.41. The molecular weight excluding hydrogens is 328 g/mol. The molecule has 6 heteroatoms. The van der Waals surface area contributed by atoms with Gasteiger partial charge >= 0.3 is 0 Å². The SMILES string of the molecule is O=C(c1ncccn1)N1CCCC[C@H]1c1ncc(Cc2ccccc2)o1. The number of amides is 1. The summed E-state index contributed by atoms with van der Waals surface area (Å²) in [5.41, 5.74) is 1.17. The van der Waals surface area contributed by atoms with Crippen LogP contribution in [0.3, 0.4) is 0 Å². The van der Waals surface area contributed by atoms with Crippen LogP contribution in [0.4, 0.5) is 0 Å². The summed E-state index contributed by atoms with van der Waals surface area (Å²) in [6.45, 7) is 0.665. The molecule has 0 spiro atoms. The van der Waals surface area contributed by atoms with Gasteiger partial charge in [-0.1, -0.05) is 30.3 Å². The molecule has 1 atom stereocenters. The van der Waals surface area contributed by atoms with Crippen molar-refractivity contribution in [3.05, 3.63) is 78.0 Å². The molecule has 1 saturated heterocycles. The molecule has 0 saturated carbocycles. The molecule has 3 aromatic rings. The lowest BCUT2D eigenvalue weighted by atomic mass is 10.0. The number of hydrogen-bond acceptors (Lipinski definition) is 5. The molecule has 0 unspecified atom stereocenters. The highest BCUT2D eigenvalue weighted by molar-refractivity contribution is 5.90. The predicted molar refractivity (Wildman–Crippen MR) is 95.4 cm³/mol. The maximum absolute atomic E-state index is 12.8. The number of benzene rings is 1. The van der Waals surface area contributed by atoms with Crippen molar-refractivity contribution < 1.29 is 9.21 Å². The van der Waals surface area contributed by atoms with Gasteiger partial charge in [0.1, 0.15) is 11.8 Å². The van der Waals surface area contributed by atoms with E-state index in [1.165, 1.54) is 5.56 Å². The highest BCUT2D eigenvalue weighted by atomic mass is 16.4. The third-order valence-electron chi connectivity index (χ3n) is 4.60. The number of rotatable bonds is 4. The van der Waals surface area contributed by atoms with Crippen LogP contribution in [-0.2, 0) is 6.42 Å². The number of carbonyl (C=O) groups is 1. The molecule has 2 aromatic heterocycles. The Morgan fingerprint density at radius 2 is 1.88 bits per heavy atom. The van der Waals surface area contributed by atoms with E-state index < -0.39 is 0 Å². The van der Waals surface area contributed by atoms with Gasteiger partial charge in [0.05, 0.1) is 6.20 Å². The minimum atomic E-state index is -0.168. The van der Waals surface area contributed by atoms with Gasteiger partial charge in [-0.3, -0.25) is 4.79 Å². The first-order chi connectivity index (χ1) is 12.8. The van der Waals surface area contributed by atoms with Crippen LogP contribution in [-0.4, -0.2) is 32.3 Å². The Balaban J connectivity index is 1.54. The summed E-state index contributed by atoms with van der Waals surface area (Å²) in [6.07, 6.45) is 8.47. The molecule has 4 rings (SSSR count). The highest BCUT2D eigenvalue weighted by Crippen LogP contribution is 2.31. The molecule has 26 heavy (non-hydrogen) atoms. The van der Waals surface area contributed by atoms with Crippen molar-refractivity contribution in [2.24, 2.45) is 0 Å². The Morgan fingerprint density at radius 3 is 2.69 bits per heavy atom. The Labute approximate surface area is 151 Å². The van der Waals surface area contributed by atoms with E-state index >= 15 is 0 Å². The van der Waals surface area contributed by atoms with E-state index in [-0.39, 0.29) is 17.8 Å². The molecule has 0 radical (unpaired) electrons. The number of likely N-dealkylation sites (tertiary alicyclic amines) is 1. The van der Waals surface area contributed by atoms with Crippen LogP contribution in [0.2, 0.25) is 0 Å². The molecule has 1 aromatic carbocycles. The molecule has 0 bridgehead atoms. The lowest BCUT2D eigenvalue weighted by Gasteiger charge is -2.33. The Bertz CT molecular complexity index is 864. The van der Waals surface area contributed by atoms with Gasteiger partial charge in [-0.2, -0.15) is 0 Å². The predicted octanol–water partition coefficient (Wildman–Crippen LogP) is 3.42. The lowest BCUT2D eigenvalue weighted by molar-refractivity contribution is 0.0557. The van der Waals surface area contributed by atoms with Gasteiger partial charge in [0.25, 0.3) is 5.91 Å². The van der Waals surface area contributed by atoms with Crippen molar-refractivity contribution in [3.8, 4) is 0 Å². The van der Waals surface area contributed by atoms with Crippen LogP contribution in [0.15, 0.2) is 59.4 Å². The summed E-state index contributed by atoms with van der Waals surface area (Å²) < 4.78 is 6.00. The number of aromatic nitrogens is 3. The largest absolute Gasteiger partial charge is 0.443 e. The van der Waals surface area contributed by atoms with Crippen molar-refractivity contribution >= 4 is 5.91 Å². The van der Waals surface area contributed by atoms with E-state index in [0.717, 1.165) is 25.0 Å². The first-order valence-electron chi connectivity index (χ1n) is 8.88. The monoisotopic (exact) mass is 348 g/mol.